The fourth-order valence-corrected chi connectivity index (χ4v) is 5.16. The van der Waals surface area contributed by atoms with Gasteiger partial charge in [-0.05, 0) is 49.5 Å². The Balaban J connectivity index is 1.33. The van der Waals surface area contributed by atoms with E-state index in [-0.39, 0.29) is 18.1 Å². The quantitative estimate of drug-likeness (QED) is 0.841. The van der Waals surface area contributed by atoms with Gasteiger partial charge >= 0.3 is 0 Å². The summed E-state index contributed by atoms with van der Waals surface area (Å²) in [5.74, 6) is 1.00. The minimum atomic E-state index is -0.193. The van der Waals surface area contributed by atoms with Gasteiger partial charge in [-0.25, -0.2) is 0 Å². The van der Waals surface area contributed by atoms with Crippen molar-refractivity contribution in [3.05, 3.63) is 22.4 Å². The van der Waals surface area contributed by atoms with E-state index < -0.39 is 0 Å². The van der Waals surface area contributed by atoms with E-state index in [0.717, 1.165) is 64.2 Å². The fourth-order valence-electron chi connectivity index (χ4n) is 4.43. The molecule has 0 aliphatic carbocycles. The highest BCUT2D eigenvalue weighted by atomic mass is 32.1. The van der Waals surface area contributed by atoms with E-state index in [9.17, 15) is 4.79 Å². The topological polar surface area (TPSA) is 32.8 Å². The van der Waals surface area contributed by atoms with Crippen LogP contribution in [0.2, 0.25) is 0 Å². The average molecular weight is 349 g/mol. The Morgan fingerprint density at radius 3 is 2.79 bits per heavy atom. The van der Waals surface area contributed by atoms with Crippen molar-refractivity contribution in [1.82, 2.24) is 9.80 Å². The maximum atomic E-state index is 12.8. The third kappa shape index (κ3) is 3.39. The molecule has 0 bridgehead atoms. The molecule has 0 spiro atoms. The minimum Gasteiger partial charge on any atom is -0.363 e. The van der Waals surface area contributed by atoms with Crippen LogP contribution in [0.5, 0.6) is 0 Å². The molecule has 0 N–H and O–H groups in total. The van der Waals surface area contributed by atoms with Gasteiger partial charge in [-0.1, -0.05) is 13.0 Å². The molecular weight excluding hydrogens is 320 g/mol. The van der Waals surface area contributed by atoms with E-state index in [1.54, 1.807) is 0 Å². The average Bonchev–Trinajstić information content (AvgIpc) is 3.25. The van der Waals surface area contributed by atoms with Gasteiger partial charge in [0.05, 0.1) is 6.10 Å². The molecule has 4 heterocycles. The lowest BCUT2D eigenvalue weighted by molar-refractivity contribution is -0.155. The van der Waals surface area contributed by atoms with Gasteiger partial charge in [0.25, 0.3) is 5.91 Å². The standard InChI is InChI=1S/C19H28N2O2S/c1-14-6-9-20(10-7-14)19(22)18-5-4-16-17(23-18)8-11-21(16)13-15-3-2-12-24-15/h2-3,12,14,16-18H,4-11,13H2,1H3/t16-,17-,18-/m1/s1. The zero-order chi connectivity index (χ0) is 16.5. The molecule has 0 unspecified atom stereocenters. The van der Waals surface area contributed by atoms with Gasteiger partial charge in [0, 0.05) is 37.1 Å². The summed E-state index contributed by atoms with van der Waals surface area (Å²) in [5.41, 5.74) is 0. The second-order valence-electron chi connectivity index (χ2n) is 7.65. The SMILES string of the molecule is CC1CCN(C(=O)[C@H]2CC[C@@H]3[C@@H](CCN3Cc3cccs3)O2)CC1. The van der Waals surface area contributed by atoms with Crippen molar-refractivity contribution in [1.29, 1.82) is 0 Å². The highest BCUT2D eigenvalue weighted by Gasteiger charge is 2.42. The van der Waals surface area contributed by atoms with Crippen LogP contribution in [0.4, 0.5) is 0 Å². The van der Waals surface area contributed by atoms with Gasteiger partial charge < -0.3 is 9.64 Å². The monoisotopic (exact) mass is 348 g/mol. The van der Waals surface area contributed by atoms with Crippen molar-refractivity contribution in [2.75, 3.05) is 19.6 Å². The number of fused-ring (bicyclic) bond motifs is 1. The number of rotatable bonds is 3. The van der Waals surface area contributed by atoms with Crippen LogP contribution in [-0.2, 0) is 16.1 Å². The summed E-state index contributed by atoms with van der Waals surface area (Å²) in [4.78, 5) is 18.8. The van der Waals surface area contributed by atoms with Crippen molar-refractivity contribution in [2.24, 2.45) is 5.92 Å². The molecule has 0 saturated carbocycles. The Morgan fingerprint density at radius 1 is 1.21 bits per heavy atom. The normalized spacial score (nSPS) is 32.0. The number of hydrogen-bond donors (Lipinski definition) is 0. The number of ether oxygens (including phenoxy) is 1. The second kappa shape index (κ2) is 7.14. The molecule has 1 aromatic rings. The lowest BCUT2D eigenvalue weighted by Crippen LogP contribution is -2.50. The molecule has 5 heteroatoms. The first-order valence-electron chi connectivity index (χ1n) is 9.41. The number of nitrogens with zero attached hydrogens (tertiary/aromatic N) is 2. The molecule has 3 aliphatic rings. The largest absolute Gasteiger partial charge is 0.363 e. The van der Waals surface area contributed by atoms with Crippen LogP contribution < -0.4 is 0 Å². The maximum Gasteiger partial charge on any atom is 0.251 e. The number of amides is 1. The molecule has 3 fully saturated rings. The predicted octanol–water partition coefficient (Wildman–Crippen LogP) is 3.13. The van der Waals surface area contributed by atoms with E-state index >= 15 is 0 Å². The fraction of sp³-hybridized carbons (Fsp3) is 0.737. The van der Waals surface area contributed by atoms with Crippen LogP contribution in [0, 0.1) is 5.92 Å². The summed E-state index contributed by atoms with van der Waals surface area (Å²) in [5, 5.41) is 2.15. The number of likely N-dealkylation sites (tertiary alicyclic amines) is 2. The summed E-state index contributed by atoms with van der Waals surface area (Å²) < 4.78 is 6.27. The van der Waals surface area contributed by atoms with Gasteiger partial charge in [-0.3, -0.25) is 9.69 Å². The smallest absolute Gasteiger partial charge is 0.251 e. The summed E-state index contributed by atoms with van der Waals surface area (Å²) in [6.45, 7) is 6.24. The first-order valence-corrected chi connectivity index (χ1v) is 10.3. The number of carbonyl (C=O) groups excluding carboxylic acids is 1. The van der Waals surface area contributed by atoms with Gasteiger partial charge in [-0.15, -0.1) is 11.3 Å². The molecule has 0 aromatic carbocycles. The van der Waals surface area contributed by atoms with Crippen molar-refractivity contribution >= 4 is 17.2 Å². The van der Waals surface area contributed by atoms with Gasteiger partial charge in [0.1, 0.15) is 6.10 Å². The Morgan fingerprint density at radius 2 is 2.04 bits per heavy atom. The van der Waals surface area contributed by atoms with E-state index in [0.29, 0.717) is 6.04 Å². The molecule has 1 aromatic heterocycles. The van der Waals surface area contributed by atoms with E-state index in [4.69, 9.17) is 4.74 Å². The predicted molar refractivity (Wildman–Crippen MR) is 96.0 cm³/mol. The Hall–Kier alpha value is -0.910. The number of hydrogen-bond acceptors (Lipinski definition) is 4. The van der Waals surface area contributed by atoms with Crippen molar-refractivity contribution < 1.29 is 9.53 Å². The van der Waals surface area contributed by atoms with E-state index in [1.165, 1.54) is 4.88 Å². The van der Waals surface area contributed by atoms with Crippen LogP contribution in [0.1, 0.15) is 43.9 Å². The summed E-state index contributed by atoms with van der Waals surface area (Å²) in [6, 6.07) is 4.84. The maximum absolute atomic E-state index is 12.8. The number of carbonyl (C=O) groups is 1. The summed E-state index contributed by atoms with van der Waals surface area (Å²) >= 11 is 1.83. The van der Waals surface area contributed by atoms with Crippen LogP contribution in [0.25, 0.3) is 0 Å². The summed E-state index contributed by atoms with van der Waals surface area (Å²) in [6.07, 6.45) is 5.37. The zero-order valence-electron chi connectivity index (χ0n) is 14.5. The molecular formula is C19H28N2O2S. The van der Waals surface area contributed by atoms with E-state index in [1.807, 2.05) is 16.2 Å². The van der Waals surface area contributed by atoms with Crippen LogP contribution in [0.3, 0.4) is 0 Å². The number of piperidine rings is 1. The van der Waals surface area contributed by atoms with Gasteiger partial charge in [0.2, 0.25) is 0 Å². The van der Waals surface area contributed by atoms with Crippen LogP contribution >= 0.6 is 11.3 Å². The van der Waals surface area contributed by atoms with Gasteiger partial charge in [-0.2, -0.15) is 0 Å². The number of thiophene rings is 1. The first kappa shape index (κ1) is 16.6. The molecule has 1 amide bonds. The molecule has 24 heavy (non-hydrogen) atoms. The van der Waals surface area contributed by atoms with Crippen molar-refractivity contribution in [2.45, 2.75) is 63.8 Å². The van der Waals surface area contributed by atoms with Crippen molar-refractivity contribution in [3.8, 4) is 0 Å². The minimum absolute atomic E-state index is 0.193. The van der Waals surface area contributed by atoms with E-state index in [2.05, 4.69) is 29.3 Å². The third-order valence-electron chi connectivity index (χ3n) is 5.97. The lowest BCUT2D eigenvalue weighted by Gasteiger charge is -2.38. The molecule has 0 radical (unpaired) electrons. The first-order chi connectivity index (χ1) is 11.7. The molecule has 132 valence electrons. The van der Waals surface area contributed by atoms with Crippen molar-refractivity contribution in [3.63, 3.8) is 0 Å². The third-order valence-corrected chi connectivity index (χ3v) is 6.83. The Labute approximate surface area is 148 Å². The second-order valence-corrected chi connectivity index (χ2v) is 8.69. The van der Waals surface area contributed by atoms with Crippen LogP contribution in [-0.4, -0.2) is 53.6 Å². The molecule has 4 nitrogen and oxygen atoms in total. The molecule has 3 saturated heterocycles. The Bertz CT molecular complexity index is 554. The van der Waals surface area contributed by atoms with Crippen LogP contribution in [0.15, 0.2) is 17.5 Å². The highest BCUT2D eigenvalue weighted by Crippen LogP contribution is 2.34. The highest BCUT2D eigenvalue weighted by molar-refractivity contribution is 7.09. The Kier molecular flexibility index (Phi) is 4.93. The lowest BCUT2D eigenvalue weighted by atomic mass is 9.96. The molecule has 4 rings (SSSR count). The molecule has 3 aliphatic heterocycles. The molecule has 3 atom stereocenters. The van der Waals surface area contributed by atoms with Gasteiger partial charge in [0.15, 0.2) is 0 Å². The summed E-state index contributed by atoms with van der Waals surface area (Å²) in [7, 11) is 0. The zero-order valence-corrected chi connectivity index (χ0v) is 15.3.